The van der Waals surface area contributed by atoms with Gasteiger partial charge >= 0.3 is 0 Å². The van der Waals surface area contributed by atoms with E-state index in [-0.39, 0.29) is 0 Å². The number of rotatable bonds is 2. The smallest absolute Gasteiger partial charge is 0.0712 e. The van der Waals surface area contributed by atoms with Gasteiger partial charge in [-0.05, 0) is 6.92 Å². The van der Waals surface area contributed by atoms with Crippen LogP contribution >= 0.6 is 12.2 Å². The van der Waals surface area contributed by atoms with Gasteiger partial charge < -0.3 is 0 Å². The van der Waals surface area contributed by atoms with Crippen LogP contribution in [0.5, 0.6) is 0 Å². The largest absolute Gasteiger partial charge is 0.0887 e. The second-order valence-corrected chi connectivity index (χ2v) is 1.63. The van der Waals surface area contributed by atoms with Crippen molar-refractivity contribution in [3.05, 3.63) is 11.6 Å². The zero-order valence-corrected chi connectivity index (χ0v) is 5.16. The van der Waals surface area contributed by atoms with Gasteiger partial charge in [0.15, 0.2) is 0 Å². The molecule has 36 valence electrons. The van der Waals surface area contributed by atoms with E-state index in [9.17, 15) is 0 Å². The molecule has 0 unspecified atom stereocenters. The molecule has 0 aromatic carbocycles. The number of allylic oxidation sites excluding steroid dienone is 2. The number of thiocarbonyl (C=S) groups is 1. The highest BCUT2D eigenvalue weighted by Crippen LogP contribution is 1.92. The van der Waals surface area contributed by atoms with E-state index in [1.54, 1.807) is 5.37 Å². The van der Waals surface area contributed by atoms with Crippen molar-refractivity contribution in [2.24, 2.45) is 0 Å². The molecule has 0 aliphatic heterocycles. The predicted molar refractivity (Wildman–Crippen MR) is 38.0 cm³/mol. The summed E-state index contributed by atoms with van der Waals surface area (Å²) >= 11 is 4.54. The van der Waals surface area contributed by atoms with Gasteiger partial charge in [-0.1, -0.05) is 30.2 Å². The van der Waals surface area contributed by atoms with Crippen molar-refractivity contribution >= 4 is 25.4 Å². The SMILES string of the molecule is [B]C/C(C)=C/C=S. The first-order valence-corrected chi connectivity index (χ1v) is 2.59. The average Bonchev–Trinajstić information content (AvgIpc) is 1.68. The Balaban J connectivity index is 3.49. The van der Waals surface area contributed by atoms with Crippen molar-refractivity contribution in [2.45, 2.75) is 13.2 Å². The van der Waals surface area contributed by atoms with E-state index >= 15 is 0 Å². The summed E-state index contributed by atoms with van der Waals surface area (Å²) in [6.45, 7) is 1.95. The van der Waals surface area contributed by atoms with Crippen LogP contribution in [0.3, 0.4) is 0 Å². The van der Waals surface area contributed by atoms with Crippen molar-refractivity contribution in [1.29, 1.82) is 0 Å². The Morgan fingerprint density at radius 1 is 1.86 bits per heavy atom. The molecule has 0 amide bonds. The van der Waals surface area contributed by atoms with E-state index in [1.807, 2.05) is 13.0 Å². The number of hydrogen-bond acceptors (Lipinski definition) is 1. The molecule has 0 saturated heterocycles. The van der Waals surface area contributed by atoms with Gasteiger partial charge in [0, 0.05) is 5.37 Å². The van der Waals surface area contributed by atoms with Crippen molar-refractivity contribution in [3.63, 3.8) is 0 Å². The van der Waals surface area contributed by atoms with Crippen LogP contribution in [0.1, 0.15) is 6.92 Å². The summed E-state index contributed by atoms with van der Waals surface area (Å²) < 4.78 is 0. The first kappa shape index (κ1) is 6.89. The molecule has 0 aliphatic rings. The molecule has 0 aromatic heterocycles. The molecule has 0 spiro atoms. The maximum atomic E-state index is 5.22. The van der Waals surface area contributed by atoms with Crippen LogP contribution in [0.4, 0.5) is 0 Å². The summed E-state index contributed by atoms with van der Waals surface area (Å²) in [6.07, 6.45) is 2.43. The van der Waals surface area contributed by atoms with E-state index in [1.165, 1.54) is 0 Å². The van der Waals surface area contributed by atoms with Crippen LogP contribution in [0.2, 0.25) is 6.32 Å². The third-order valence-corrected chi connectivity index (χ3v) is 0.811. The molecule has 0 nitrogen and oxygen atoms in total. The molecule has 0 saturated carbocycles. The normalized spacial score (nSPS) is 11.3. The van der Waals surface area contributed by atoms with Gasteiger partial charge in [-0.25, -0.2) is 0 Å². The standard InChI is InChI=1S/C5H7BS/c1-5(4-6)2-3-7/h2-3H,4H2,1H3/b5-2+. The van der Waals surface area contributed by atoms with Crippen LogP contribution < -0.4 is 0 Å². The Morgan fingerprint density at radius 2 is 2.43 bits per heavy atom. The summed E-state index contributed by atoms with van der Waals surface area (Å²) in [6, 6.07) is 0. The third kappa shape index (κ3) is 3.73. The van der Waals surface area contributed by atoms with Crippen molar-refractivity contribution in [3.8, 4) is 0 Å². The molecule has 0 aliphatic carbocycles. The Morgan fingerprint density at radius 3 is 2.57 bits per heavy atom. The van der Waals surface area contributed by atoms with Crippen LogP contribution in [-0.2, 0) is 0 Å². The van der Waals surface area contributed by atoms with E-state index < -0.39 is 0 Å². The van der Waals surface area contributed by atoms with Crippen LogP contribution in [0.25, 0.3) is 0 Å². The van der Waals surface area contributed by atoms with Crippen molar-refractivity contribution < 1.29 is 0 Å². The lowest BCUT2D eigenvalue weighted by molar-refractivity contribution is 1.40. The first-order chi connectivity index (χ1) is 3.31. The summed E-state index contributed by atoms with van der Waals surface area (Å²) in [5, 5.41) is 1.57. The molecule has 0 N–H and O–H groups in total. The van der Waals surface area contributed by atoms with Crippen LogP contribution in [0.15, 0.2) is 11.6 Å². The average molecular weight is 110 g/mol. The van der Waals surface area contributed by atoms with Crippen LogP contribution in [-0.4, -0.2) is 13.2 Å². The summed E-state index contributed by atoms with van der Waals surface area (Å²) in [7, 11) is 5.22. The van der Waals surface area contributed by atoms with Gasteiger partial charge in [0.1, 0.15) is 0 Å². The van der Waals surface area contributed by atoms with Crippen LogP contribution in [0, 0.1) is 0 Å². The summed E-state index contributed by atoms with van der Waals surface area (Å²) in [4.78, 5) is 0. The van der Waals surface area contributed by atoms with Crippen molar-refractivity contribution in [2.75, 3.05) is 0 Å². The first-order valence-electron chi connectivity index (χ1n) is 2.12. The van der Waals surface area contributed by atoms with Gasteiger partial charge in [0.2, 0.25) is 0 Å². The Labute approximate surface area is 51.0 Å². The fraction of sp³-hybridized carbons (Fsp3) is 0.400. The Bertz CT molecular complexity index is 86.1. The van der Waals surface area contributed by atoms with Crippen molar-refractivity contribution in [1.82, 2.24) is 0 Å². The fourth-order valence-electron chi connectivity index (χ4n) is 0.184. The molecular formula is C5H7BS. The van der Waals surface area contributed by atoms with Gasteiger partial charge in [-0.2, -0.15) is 0 Å². The molecule has 0 aromatic rings. The summed E-state index contributed by atoms with van der Waals surface area (Å²) in [5.41, 5.74) is 1.12. The second kappa shape index (κ2) is 4.06. The molecule has 0 atom stereocenters. The molecule has 0 bridgehead atoms. The highest BCUT2D eigenvalue weighted by Gasteiger charge is 1.75. The molecule has 0 rings (SSSR count). The molecule has 0 fully saturated rings. The van der Waals surface area contributed by atoms with Gasteiger partial charge in [-0.3, -0.25) is 0 Å². The van der Waals surface area contributed by atoms with Gasteiger partial charge in [0.25, 0.3) is 0 Å². The monoisotopic (exact) mass is 110 g/mol. The lowest BCUT2D eigenvalue weighted by Gasteiger charge is -1.85. The quantitative estimate of drug-likeness (QED) is 0.295. The van der Waals surface area contributed by atoms with Gasteiger partial charge in [0.05, 0.1) is 7.85 Å². The lowest BCUT2D eigenvalue weighted by atomic mass is 9.98. The van der Waals surface area contributed by atoms with E-state index in [2.05, 4.69) is 12.2 Å². The molecule has 0 heterocycles. The van der Waals surface area contributed by atoms with E-state index in [0.717, 1.165) is 5.57 Å². The lowest BCUT2D eigenvalue weighted by Crippen LogP contribution is -1.71. The zero-order chi connectivity index (χ0) is 5.70. The molecular weight excluding hydrogens is 103 g/mol. The highest BCUT2D eigenvalue weighted by molar-refractivity contribution is 7.79. The fourth-order valence-corrected chi connectivity index (χ4v) is 0.417. The highest BCUT2D eigenvalue weighted by atomic mass is 32.1. The topological polar surface area (TPSA) is 0 Å². The maximum absolute atomic E-state index is 5.22. The van der Waals surface area contributed by atoms with E-state index in [4.69, 9.17) is 7.85 Å². The minimum absolute atomic E-state index is 0.604. The Kier molecular flexibility index (Phi) is 4.00. The van der Waals surface area contributed by atoms with E-state index in [0.29, 0.717) is 6.32 Å². The van der Waals surface area contributed by atoms with Gasteiger partial charge in [-0.15, -0.1) is 0 Å². The zero-order valence-electron chi connectivity index (χ0n) is 4.35. The summed E-state index contributed by atoms with van der Waals surface area (Å²) in [5.74, 6) is 0. The molecule has 7 heavy (non-hydrogen) atoms. The minimum Gasteiger partial charge on any atom is -0.0887 e. The Hall–Kier alpha value is -0.105. The minimum atomic E-state index is 0.604. The third-order valence-electron chi connectivity index (χ3n) is 0.675. The second-order valence-electron chi connectivity index (χ2n) is 1.35. The number of hydrogen-bond donors (Lipinski definition) is 0. The molecule has 2 radical (unpaired) electrons. The predicted octanol–water partition coefficient (Wildman–Crippen LogP) is 1.52. The molecule has 2 heteroatoms. The maximum Gasteiger partial charge on any atom is 0.0712 e.